The van der Waals surface area contributed by atoms with Gasteiger partial charge in [-0.2, -0.15) is 0 Å². The molecule has 0 spiro atoms. The maximum Gasteiger partial charge on any atom is 0.162 e. The summed E-state index contributed by atoms with van der Waals surface area (Å²) in [5.41, 5.74) is 1.91. The molecule has 0 aromatic carbocycles. The standard InChI is InChI=1S/C26H39NO4/c1-3-4-12-22-19-23(31-27-22)18-21-17-20(2)26(28)24(21)13-8-6-5-7-10-15-29-25-14-9-11-16-30-25/h6,8,17,19,21,24-25H,3-5,7,9-16,18H2,1-2H3/b8-6-/t21-,24-,25?/m1/s1. The first-order valence-corrected chi connectivity index (χ1v) is 12.2. The van der Waals surface area contributed by atoms with Crippen molar-refractivity contribution in [2.45, 2.75) is 90.8 Å². The fraction of sp³-hybridized carbons (Fsp3) is 0.692. The minimum Gasteiger partial charge on any atom is -0.361 e. The average Bonchev–Trinajstić information content (AvgIpc) is 3.33. The number of rotatable bonds is 13. The van der Waals surface area contributed by atoms with Crippen LogP contribution in [0.1, 0.15) is 83.1 Å². The summed E-state index contributed by atoms with van der Waals surface area (Å²) >= 11 is 0. The monoisotopic (exact) mass is 429 g/mol. The Morgan fingerprint density at radius 3 is 2.94 bits per heavy atom. The summed E-state index contributed by atoms with van der Waals surface area (Å²) in [5.74, 6) is 1.40. The Hall–Kier alpha value is -1.72. The molecule has 2 heterocycles. The number of unbranched alkanes of at least 4 members (excludes halogenated alkanes) is 3. The van der Waals surface area contributed by atoms with Crippen LogP contribution in [0.15, 0.2) is 34.4 Å². The van der Waals surface area contributed by atoms with Crippen LogP contribution in [0.4, 0.5) is 0 Å². The lowest BCUT2D eigenvalue weighted by Gasteiger charge is -2.22. The molecule has 1 fully saturated rings. The number of carbonyl (C=O) groups is 1. The van der Waals surface area contributed by atoms with Crippen LogP contribution < -0.4 is 0 Å². The Bertz CT molecular complexity index is 730. The van der Waals surface area contributed by atoms with Gasteiger partial charge in [0.25, 0.3) is 0 Å². The number of Topliss-reactive ketones (excluding diaryl/α,β-unsaturated/α-hetero) is 1. The summed E-state index contributed by atoms with van der Waals surface area (Å²) in [6.45, 7) is 5.71. The predicted molar refractivity (Wildman–Crippen MR) is 122 cm³/mol. The molecule has 1 aromatic rings. The van der Waals surface area contributed by atoms with Gasteiger partial charge in [-0.3, -0.25) is 4.79 Å². The lowest BCUT2D eigenvalue weighted by atomic mass is 9.87. The zero-order valence-electron chi connectivity index (χ0n) is 19.3. The summed E-state index contributed by atoms with van der Waals surface area (Å²) in [6.07, 6.45) is 17.9. The molecule has 5 heteroatoms. The SMILES string of the molecule is CCCCc1cc(C[C@H]2C=C(C)C(=O)[C@@H]2C/C=C\CCCCOC2CCCCO2)on1. The fourth-order valence-electron chi connectivity index (χ4n) is 4.43. The van der Waals surface area contributed by atoms with Crippen molar-refractivity contribution in [3.8, 4) is 0 Å². The molecule has 1 aliphatic heterocycles. The molecular weight excluding hydrogens is 390 g/mol. The van der Waals surface area contributed by atoms with Crippen LogP contribution in [-0.2, 0) is 27.1 Å². The van der Waals surface area contributed by atoms with Gasteiger partial charge in [-0.05, 0) is 76.2 Å². The van der Waals surface area contributed by atoms with Gasteiger partial charge in [-0.15, -0.1) is 0 Å². The number of carbonyl (C=O) groups excluding carboxylic acids is 1. The minimum atomic E-state index is 0.0115. The van der Waals surface area contributed by atoms with Crippen LogP contribution >= 0.6 is 0 Å². The van der Waals surface area contributed by atoms with E-state index in [1.54, 1.807) is 0 Å². The van der Waals surface area contributed by atoms with Crippen molar-refractivity contribution in [2.75, 3.05) is 13.2 Å². The number of allylic oxidation sites excluding steroid dienone is 4. The molecule has 5 nitrogen and oxygen atoms in total. The van der Waals surface area contributed by atoms with Crippen molar-refractivity contribution in [1.82, 2.24) is 5.16 Å². The molecular formula is C26H39NO4. The molecule has 1 aliphatic carbocycles. The molecule has 0 radical (unpaired) electrons. The van der Waals surface area contributed by atoms with E-state index >= 15 is 0 Å². The Morgan fingerprint density at radius 2 is 2.13 bits per heavy atom. The number of hydrogen-bond donors (Lipinski definition) is 0. The summed E-state index contributed by atoms with van der Waals surface area (Å²) in [4.78, 5) is 12.6. The van der Waals surface area contributed by atoms with Crippen molar-refractivity contribution >= 4 is 5.78 Å². The summed E-state index contributed by atoms with van der Waals surface area (Å²) in [6, 6.07) is 2.06. The molecule has 3 rings (SSSR count). The normalized spacial score (nSPS) is 24.3. The number of hydrogen-bond acceptors (Lipinski definition) is 5. The summed E-state index contributed by atoms with van der Waals surface area (Å²) < 4.78 is 16.9. The second-order valence-corrected chi connectivity index (χ2v) is 8.95. The topological polar surface area (TPSA) is 61.6 Å². The van der Waals surface area contributed by atoms with E-state index in [2.05, 4.69) is 36.4 Å². The lowest BCUT2D eigenvalue weighted by molar-refractivity contribution is -0.162. The van der Waals surface area contributed by atoms with Gasteiger partial charge in [-0.1, -0.05) is 36.7 Å². The molecule has 0 amide bonds. The molecule has 3 atom stereocenters. The van der Waals surface area contributed by atoms with Gasteiger partial charge in [0.1, 0.15) is 5.76 Å². The second kappa shape index (κ2) is 13.0. The van der Waals surface area contributed by atoms with Gasteiger partial charge in [0, 0.05) is 31.6 Å². The molecule has 0 bridgehead atoms. The Labute approximate surface area is 187 Å². The highest BCUT2D eigenvalue weighted by molar-refractivity contribution is 5.99. The molecule has 0 saturated carbocycles. The van der Waals surface area contributed by atoms with E-state index in [-0.39, 0.29) is 23.9 Å². The molecule has 172 valence electrons. The first-order valence-electron chi connectivity index (χ1n) is 12.2. The van der Waals surface area contributed by atoms with E-state index in [0.717, 1.165) is 94.4 Å². The predicted octanol–water partition coefficient (Wildman–Crippen LogP) is 5.98. The maximum atomic E-state index is 12.6. The van der Waals surface area contributed by atoms with Gasteiger partial charge in [0.15, 0.2) is 12.1 Å². The van der Waals surface area contributed by atoms with E-state index in [9.17, 15) is 4.79 Å². The summed E-state index contributed by atoms with van der Waals surface area (Å²) in [7, 11) is 0. The first kappa shape index (κ1) is 23.9. The van der Waals surface area contributed by atoms with Crippen molar-refractivity contribution in [3.05, 3.63) is 41.3 Å². The van der Waals surface area contributed by atoms with Crippen LogP contribution in [0.5, 0.6) is 0 Å². The highest BCUT2D eigenvalue weighted by Crippen LogP contribution is 2.33. The zero-order chi connectivity index (χ0) is 21.9. The van der Waals surface area contributed by atoms with E-state index in [0.29, 0.717) is 0 Å². The average molecular weight is 430 g/mol. The lowest BCUT2D eigenvalue weighted by Crippen LogP contribution is -2.22. The third-order valence-corrected chi connectivity index (χ3v) is 6.30. The second-order valence-electron chi connectivity index (χ2n) is 8.95. The van der Waals surface area contributed by atoms with Crippen molar-refractivity contribution in [2.24, 2.45) is 11.8 Å². The van der Waals surface area contributed by atoms with Crippen molar-refractivity contribution in [1.29, 1.82) is 0 Å². The Kier molecular flexibility index (Phi) is 10.0. The van der Waals surface area contributed by atoms with Crippen LogP contribution in [0.25, 0.3) is 0 Å². The highest BCUT2D eigenvalue weighted by Gasteiger charge is 2.33. The Morgan fingerprint density at radius 1 is 1.23 bits per heavy atom. The van der Waals surface area contributed by atoms with Gasteiger partial charge in [-0.25, -0.2) is 0 Å². The van der Waals surface area contributed by atoms with Gasteiger partial charge < -0.3 is 14.0 Å². The zero-order valence-corrected chi connectivity index (χ0v) is 19.3. The number of aryl methyl sites for hydroxylation is 1. The Balaban J connectivity index is 1.36. The van der Waals surface area contributed by atoms with Crippen LogP contribution in [0, 0.1) is 11.8 Å². The number of nitrogens with zero attached hydrogens (tertiary/aromatic N) is 1. The largest absolute Gasteiger partial charge is 0.361 e. The van der Waals surface area contributed by atoms with Gasteiger partial charge in [0.2, 0.25) is 0 Å². The van der Waals surface area contributed by atoms with Crippen LogP contribution in [0.2, 0.25) is 0 Å². The minimum absolute atomic E-state index is 0.0115. The third kappa shape index (κ3) is 7.73. The highest BCUT2D eigenvalue weighted by atomic mass is 16.7. The van der Waals surface area contributed by atoms with Crippen molar-refractivity contribution in [3.63, 3.8) is 0 Å². The number of ether oxygens (including phenoxy) is 2. The number of ketones is 1. The number of aromatic nitrogens is 1. The van der Waals surface area contributed by atoms with E-state index in [1.165, 1.54) is 6.42 Å². The molecule has 1 aromatic heterocycles. The molecule has 0 N–H and O–H groups in total. The quantitative estimate of drug-likeness (QED) is 0.285. The smallest absolute Gasteiger partial charge is 0.162 e. The van der Waals surface area contributed by atoms with E-state index in [1.807, 2.05) is 6.92 Å². The third-order valence-electron chi connectivity index (χ3n) is 6.30. The summed E-state index contributed by atoms with van der Waals surface area (Å²) in [5, 5.41) is 4.19. The van der Waals surface area contributed by atoms with Gasteiger partial charge in [0.05, 0.1) is 5.69 Å². The van der Waals surface area contributed by atoms with Crippen LogP contribution in [-0.4, -0.2) is 30.4 Å². The first-order chi connectivity index (χ1) is 15.2. The van der Waals surface area contributed by atoms with E-state index < -0.39 is 0 Å². The molecule has 1 saturated heterocycles. The maximum absolute atomic E-state index is 12.6. The van der Waals surface area contributed by atoms with Gasteiger partial charge >= 0.3 is 0 Å². The van der Waals surface area contributed by atoms with E-state index in [4.69, 9.17) is 14.0 Å². The fourth-order valence-corrected chi connectivity index (χ4v) is 4.43. The van der Waals surface area contributed by atoms with Crippen molar-refractivity contribution < 1.29 is 18.8 Å². The molecule has 1 unspecified atom stereocenters. The van der Waals surface area contributed by atoms with Crippen LogP contribution in [0.3, 0.4) is 0 Å². The molecule has 2 aliphatic rings. The molecule has 31 heavy (non-hydrogen) atoms.